The molecule has 0 aliphatic carbocycles. The minimum absolute atomic E-state index is 0.0148. The van der Waals surface area contributed by atoms with Crippen molar-refractivity contribution in [2.75, 3.05) is 20.3 Å². The molecule has 1 N–H and O–H groups in total. The van der Waals surface area contributed by atoms with Crippen molar-refractivity contribution >= 4 is 11.9 Å². The van der Waals surface area contributed by atoms with E-state index < -0.39 is 5.97 Å². The van der Waals surface area contributed by atoms with E-state index in [1.807, 2.05) is 30.3 Å². The number of carboxylic acids is 1. The first-order valence-corrected chi connectivity index (χ1v) is 7.73. The van der Waals surface area contributed by atoms with E-state index in [2.05, 4.69) is 0 Å². The molecular weight excluding hydrogens is 306 g/mol. The number of carbonyl (C=O) groups excluding carboxylic acids is 1. The van der Waals surface area contributed by atoms with Gasteiger partial charge in [0.25, 0.3) is 0 Å². The van der Waals surface area contributed by atoms with E-state index in [4.69, 9.17) is 9.84 Å². The molecule has 2 rings (SSSR count). The van der Waals surface area contributed by atoms with Crippen LogP contribution in [0.5, 0.6) is 0 Å². The van der Waals surface area contributed by atoms with Crippen LogP contribution < -0.4 is 0 Å². The Hall–Kier alpha value is -2.66. The summed E-state index contributed by atoms with van der Waals surface area (Å²) in [6, 6.07) is 16.2. The van der Waals surface area contributed by atoms with Gasteiger partial charge in [-0.05, 0) is 23.3 Å². The lowest BCUT2D eigenvalue weighted by atomic mass is 10.1. The number of ether oxygens (including phenoxy) is 1. The second-order valence-electron chi connectivity index (χ2n) is 5.47. The average molecular weight is 327 g/mol. The van der Waals surface area contributed by atoms with Gasteiger partial charge in [-0.1, -0.05) is 42.5 Å². The number of aromatic carboxylic acids is 1. The van der Waals surface area contributed by atoms with Gasteiger partial charge >= 0.3 is 5.97 Å². The summed E-state index contributed by atoms with van der Waals surface area (Å²) in [6.07, 6.45) is 0.233. The zero-order valence-corrected chi connectivity index (χ0v) is 13.6. The first-order chi connectivity index (χ1) is 11.6. The van der Waals surface area contributed by atoms with Crippen LogP contribution in [0.15, 0.2) is 54.6 Å². The number of methoxy groups -OCH3 is 1. The standard InChI is InChI=1S/C19H21NO4/c1-24-12-11-20(14-16-5-3-2-4-6-16)18(21)13-15-7-9-17(10-8-15)19(22)23/h2-10H,11-14H2,1H3,(H,22,23). The van der Waals surface area contributed by atoms with Crippen LogP contribution in [0.25, 0.3) is 0 Å². The summed E-state index contributed by atoms with van der Waals surface area (Å²) in [5.41, 5.74) is 2.07. The summed E-state index contributed by atoms with van der Waals surface area (Å²) in [6.45, 7) is 1.50. The Morgan fingerprint density at radius 3 is 2.25 bits per heavy atom. The highest BCUT2D eigenvalue weighted by atomic mass is 16.5. The molecule has 5 nitrogen and oxygen atoms in total. The summed E-state index contributed by atoms with van der Waals surface area (Å²) < 4.78 is 5.09. The Morgan fingerprint density at radius 1 is 1.00 bits per heavy atom. The molecular formula is C19H21NO4. The third-order valence-electron chi connectivity index (χ3n) is 3.69. The summed E-state index contributed by atoms with van der Waals surface area (Å²) >= 11 is 0. The number of hydrogen-bond donors (Lipinski definition) is 1. The highest BCUT2D eigenvalue weighted by Crippen LogP contribution is 2.10. The van der Waals surface area contributed by atoms with Gasteiger partial charge in [0.2, 0.25) is 5.91 Å². The van der Waals surface area contributed by atoms with Crippen molar-refractivity contribution in [1.29, 1.82) is 0 Å². The zero-order valence-electron chi connectivity index (χ0n) is 13.6. The van der Waals surface area contributed by atoms with Crippen LogP contribution in [0.1, 0.15) is 21.5 Å². The molecule has 0 spiro atoms. The first-order valence-electron chi connectivity index (χ1n) is 7.73. The van der Waals surface area contributed by atoms with Gasteiger partial charge in [0, 0.05) is 20.2 Å². The lowest BCUT2D eigenvalue weighted by Crippen LogP contribution is -2.34. The topological polar surface area (TPSA) is 66.8 Å². The molecule has 5 heteroatoms. The molecule has 0 aliphatic rings. The van der Waals surface area contributed by atoms with Crippen molar-refractivity contribution in [2.24, 2.45) is 0 Å². The molecule has 0 atom stereocenters. The Kier molecular flexibility index (Phi) is 6.51. The lowest BCUT2D eigenvalue weighted by molar-refractivity contribution is -0.131. The van der Waals surface area contributed by atoms with Gasteiger partial charge in [-0.15, -0.1) is 0 Å². The van der Waals surface area contributed by atoms with Gasteiger partial charge in [-0.3, -0.25) is 4.79 Å². The Morgan fingerprint density at radius 2 is 1.67 bits per heavy atom. The SMILES string of the molecule is COCCN(Cc1ccccc1)C(=O)Cc1ccc(C(=O)O)cc1. The normalized spacial score (nSPS) is 10.4. The second-order valence-corrected chi connectivity index (χ2v) is 5.47. The summed E-state index contributed by atoms with van der Waals surface area (Å²) in [4.78, 5) is 25.2. The molecule has 0 aliphatic heterocycles. The van der Waals surface area contributed by atoms with Crippen LogP contribution in [0.3, 0.4) is 0 Å². The van der Waals surface area contributed by atoms with Gasteiger partial charge in [0.05, 0.1) is 18.6 Å². The van der Waals surface area contributed by atoms with Crippen LogP contribution >= 0.6 is 0 Å². The highest BCUT2D eigenvalue weighted by Gasteiger charge is 2.15. The number of hydrogen-bond acceptors (Lipinski definition) is 3. The first kappa shape index (κ1) is 17.7. The van der Waals surface area contributed by atoms with E-state index >= 15 is 0 Å². The third kappa shape index (κ3) is 5.21. The number of rotatable bonds is 8. The summed E-state index contributed by atoms with van der Waals surface area (Å²) in [5.74, 6) is -0.988. The van der Waals surface area contributed by atoms with E-state index in [1.54, 1.807) is 24.1 Å². The molecule has 0 aromatic heterocycles. The maximum atomic E-state index is 12.6. The van der Waals surface area contributed by atoms with Crippen molar-refractivity contribution in [3.05, 3.63) is 71.3 Å². The van der Waals surface area contributed by atoms with Gasteiger partial charge in [-0.2, -0.15) is 0 Å². The molecule has 0 saturated heterocycles. The molecule has 0 saturated carbocycles. The molecule has 0 bridgehead atoms. The van der Waals surface area contributed by atoms with Crippen molar-refractivity contribution in [1.82, 2.24) is 4.90 Å². The molecule has 2 aromatic carbocycles. The number of carbonyl (C=O) groups is 2. The minimum Gasteiger partial charge on any atom is -0.478 e. The molecule has 24 heavy (non-hydrogen) atoms. The second kappa shape index (κ2) is 8.84. The van der Waals surface area contributed by atoms with Gasteiger partial charge in [-0.25, -0.2) is 4.79 Å². The monoisotopic (exact) mass is 327 g/mol. The average Bonchev–Trinajstić information content (AvgIpc) is 2.60. The molecule has 0 heterocycles. The largest absolute Gasteiger partial charge is 0.478 e. The smallest absolute Gasteiger partial charge is 0.335 e. The Bertz CT molecular complexity index is 668. The predicted octanol–water partition coefficient (Wildman–Crippen LogP) is 2.60. The fourth-order valence-corrected chi connectivity index (χ4v) is 2.35. The highest BCUT2D eigenvalue weighted by molar-refractivity contribution is 5.87. The van der Waals surface area contributed by atoms with E-state index in [-0.39, 0.29) is 17.9 Å². The van der Waals surface area contributed by atoms with Crippen LogP contribution in [0, 0.1) is 0 Å². The quantitative estimate of drug-likeness (QED) is 0.809. The maximum Gasteiger partial charge on any atom is 0.335 e. The predicted molar refractivity (Wildman–Crippen MR) is 90.8 cm³/mol. The number of benzene rings is 2. The minimum atomic E-state index is -0.973. The molecule has 0 fully saturated rings. The van der Waals surface area contributed by atoms with Crippen LogP contribution in [0.2, 0.25) is 0 Å². The lowest BCUT2D eigenvalue weighted by Gasteiger charge is -2.22. The molecule has 0 radical (unpaired) electrons. The summed E-state index contributed by atoms with van der Waals surface area (Å²) in [5, 5.41) is 8.92. The number of carboxylic acid groups (broad SMARTS) is 1. The van der Waals surface area contributed by atoms with Gasteiger partial charge in [0.15, 0.2) is 0 Å². The van der Waals surface area contributed by atoms with Crippen molar-refractivity contribution in [3.8, 4) is 0 Å². The fourth-order valence-electron chi connectivity index (χ4n) is 2.35. The number of amides is 1. The fraction of sp³-hybridized carbons (Fsp3) is 0.263. The maximum absolute atomic E-state index is 12.6. The summed E-state index contributed by atoms with van der Waals surface area (Å²) in [7, 11) is 1.61. The van der Waals surface area contributed by atoms with Crippen molar-refractivity contribution in [3.63, 3.8) is 0 Å². The molecule has 1 amide bonds. The molecule has 0 unspecified atom stereocenters. The number of nitrogens with zero attached hydrogens (tertiary/aromatic N) is 1. The zero-order chi connectivity index (χ0) is 17.4. The Balaban J connectivity index is 2.04. The van der Waals surface area contributed by atoms with Crippen molar-refractivity contribution < 1.29 is 19.4 Å². The van der Waals surface area contributed by atoms with Crippen LogP contribution in [0.4, 0.5) is 0 Å². The van der Waals surface area contributed by atoms with Gasteiger partial charge < -0.3 is 14.7 Å². The van der Waals surface area contributed by atoms with E-state index in [0.717, 1.165) is 11.1 Å². The van der Waals surface area contributed by atoms with E-state index in [0.29, 0.717) is 19.7 Å². The van der Waals surface area contributed by atoms with E-state index in [9.17, 15) is 9.59 Å². The van der Waals surface area contributed by atoms with Crippen molar-refractivity contribution in [2.45, 2.75) is 13.0 Å². The van der Waals surface area contributed by atoms with E-state index in [1.165, 1.54) is 12.1 Å². The third-order valence-corrected chi connectivity index (χ3v) is 3.69. The van der Waals surface area contributed by atoms with Crippen LogP contribution in [-0.2, 0) is 22.5 Å². The molecule has 126 valence electrons. The Labute approximate surface area is 141 Å². The van der Waals surface area contributed by atoms with Gasteiger partial charge in [0.1, 0.15) is 0 Å². The van der Waals surface area contributed by atoms with Crippen LogP contribution in [-0.4, -0.2) is 42.1 Å². The molecule has 2 aromatic rings.